The zero-order valence-corrected chi connectivity index (χ0v) is 14.3. The van der Waals surface area contributed by atoms with Crippen LogP contribution in [0.15, 0.2) is 29.2 Å². The van der Waals surface area contributed by atoms with Gasteiger partial charge in [0, 0.05) is 10.8 Å². The van der Waals surface area contributed by atoms with Gasteiger partial charge < -0.3 is 5.41 Å². The summed E-state index contributed by atoms with van der Waals surface area (Å²) >= 11 is 1.53. The molecule has 1 aromatic rings. The molecule has 0 saturated heterocycles. The van der Waals surface area contributed by atoms with Gasteiger partial charge in [-0.3, -0.25) is 0 Å². The van der Waals surface area contributed by atoms with Crippen molar-refractivity contribution >= 4 is 17.0 Å². The van der Waals surface area contributed by atoms with Gasteiger partial charge in [-0.2, -0.15) is 15.8 Å². The predicted molar refractivity (Wildman–Crippen MR) is 92.1 cm³/mol. The molecule has 4 atom stereocenters. The van der Waals surface area contributed by atoms with Gasteiger partial charge in [0.2, 0.25) is 0 Å². The molecule has 4 nitrogen and oxygen atoms in total. The lowest BCUT2D eigenvalue weighted by Crippen LogP contribution is -2.49. The SMILES string of the molecule is CC[C@H]1CC=C2C(C#N)C(=N)C(C#N)(C#N)[C@@H](c3cccs3)[C@@H]2C1. The van der Waals surface area contributed by atoms with E-state index in [1.807, 2.05) is 17.5 Å². The molecule has 0 amide bonds. The van der Waals surface area contributed by atoms with Crippen molar-refractivity contribution in [3.05, 3.63) is 34.0 Å². The minimum atomic E-state index is -1.55. The topological polar surface area (TPSA) is 95.2 Å². The fourth-order valence-corrected chi connectivity index (χ4v) is 5.17. The number of fused-ring (bicyclic) bond motifs is 1. The first-order valence-electron chi connectivity index (χ1n) is 8.17. The normalized spacial score (nSPS) is 31.1. The fourth-order valence-electron chi connectivity index (χ4n) is 4.21. The molecule has 1 fully saturated rings. The summed E-state index contributed by atoms with van der Waals surface area (Å²) in [5.74, 6) is -0.614. The average Bonchev–Trinajstić information content (AvgIpc) is 3.14. The quantitative estimate of drug-likeness (QED) is 0.812. The molecule has 5 heteroatoms. The van der Waals surface area contributed by atoms with Crippen molar-refractivity contribution in [1.29, 1.82) is 21.2 Å². The second kappa shape index (κ2) is 6.23. The number of allylic oxidation sites excluding steroid dienone is 2. The van der Waals surface area contributed by atoms with Gasteiger partial charge >= 0.3 is 0 Å². The Morgan fingerprint density at radius 1 is 1.33 bits per heavy atom. The lowest BCUT2D eigenvalue weighted by molar-refractivity contribution is 0.273. The van der Waals surface area contributed by atoms with Crippen molar-refractivity contribution in [2.45, 2.75) is 32.1 Å². The molecule has 3 rings (SSSR count). The second-order valence-electron chi connectivity index (χ2n) is 6.56. The Morgan fingerprint density at radius 3 is 2.62 bits per heavy atom. The van der Waals surface area contributed by atoms with Crippen LogP contribution in [-0.4, -0.2) is 5.71 Å². The number of hydrogen-bond acceptors (Lipinski definition) is 5. The van der Waals surface area contributed by atoms with E-state index in [0.717, 1.165) is 29.7 Å². The highest BCUT2D eigenvalue weighted by Gasteiger charge is 2.57. The van der Waals surface area contributed by atoms with E-state index < -0.39 is 11.3 Å². The first-order chi connectivity index (χ1) is 11.6. The van der Waals surface area contributed by atoms with Gasteiger partial charge in [-0.25, -0.2) is 0 Å². The maximum absolute atomic E-state index is 9.87. The molecule has 0 aromatic carbocycles. The highest BCUT2D eigenvalue weighted by Crippen LogP contribution is 2.56. The van der Waals surface area contributed by atoms with E-state index in [2.05, 4.69) is 31.2 Å². The third-order valence-corrected chi connectivity index (χ3v) is 6.48. The van der Waals surface area contributed by atoms with Crippen LogP contribution in [0.1, 0.15) is 37.0 Å². The first kappa shape index (κ1) is 16.4. The zero-order chi connectivity index (χ0) is 17.3. The van der Waals surface area contributed by atoms with E-state index in [1.165, 1.54) is 11.3 Å². The molecular formula is C19H18N4S. The Hall–Kier alpha value is -2.42. The van der Waals surface area contributed by atoms with Gasteiger partial charge in [-0.05, 0) is 41.7 Å². The Kier molecular flexibility index (Phi) is 4.27. The smallest absolute Gasteiger partial charge is 0.190 e. The molecule has 2 aliphatic carbocycles. The van der Waals surface area contributed by atoms with E-state index in [9.17, 15) is 15.8 Å². The molecule has 1 heterocycles. The van der Waals surface area contributed by atoms with Crippen molar-refractivity contribution < 1.29 is 0 Å². The molecular weight excluding hydrogens is 316 g/mol. The van der Waals surface area contributed by atoms with Crippen molar-refractivity contribution in [2.24, 2.45) is 23.2 Å². The van der Waals surface area contributed by atoms with Crippen LogP contribution in [0.4, 0.5) is 0 Å². The fraction of sp³-hybridized carbons (Fsp3) is 0.474. The summed E-state index contributed by atoms with van der Waals surface area (Å²) in [7, 11) is 0. The molecule has 1 aromatic heterocycles. The molecule has 0 aliphatic heterocycles. The van der Waals surface area contributed by atoms with E-state index in [1.54, 1.807) is 0 Å². The van der Waals surface area contributed by atoms with Crippen LogP contribution in [0.25, 0.3) is 0 Å². The van der Waals surface area contributed by atoms with Gasteiger partial charge in [0.05, 0.1) is 23.9 Å². The summed E-state index contributed by atoms with van der Waals surface area (Å²) in [5.41, 5.74) is -0.652. The number of nitrogens with one attached hydrogen (secondary N) is 1. The third kappa shape index (κ3) is 2.19. The second-order valence-corrected chi connectivity index (χ2v) is 7.54. The van der Waals surface area contributed by atoms with Crippen molar-refractivity contribution in [1.82, 2.24) is 0 Å². The number of hydrogen-bond donors (Lipinski definition) is 1. The first-order valence-corrected chi connectivity index (χ1v) is 9.05. The molecule has 0 spiro atoms. The van der Waals surface area contributed by atoms with Crippen LogP contribution in [0.2, 0.25) is 0 Å². The molecule has 1 unspecified atom stereocenters. The number of thiophene rings is 1. The Labute approximate surface area is 146 Å². The predicted octanol–water partition coefficient (Wildman–Crippen LogP) is 4.40. The van der Waals surface area contributed by atoms with E-state index in [4.69, 9.17) is 5.41 Å². The summed E-state index contributed by atoms with van der Waals surface area (Å²) < 4.78 is 0. The number of nitriles is 3. The van der Waals surface area contributed by atoms with Gasteiger partial charge in [0.1, 0.15) is 5.92 Å². The highest BCUT2D eigenvalue weighted by atomic mass is 32.1. The van der Waals surface area contributed by atoms with Gasteiger partial charge in [0.25, 0.3) is 0 Å². The average molecular weight is 334 g/mol. The maximum atomic E-state index is 9.87. The lowest BCUT2D eigenvalue weighted by Gasteiger charge is -2.46. The maximum Gasteiger partial charge on any atom is 0.190 e. The molecule has 0 bridgehead atoms. The van der Waals surface area contributed by atoms with E-state index in [0.29, 0.717) is 5.92 Å². The monoisotopic (exact) mass is 334 g/mol. The molecule has 24 heavy (non-hydrogen) atoms. The van der Waals surface area contributed by atoms with Crippen LogP contribution in [0.3, 0.4) is 0 Å². The minimum absolute atomic E-state index is 0.0135. The standard InChI is InChI=1S/C19H18N4S/c1-2-12-5-6-13-14(8-12)17(16-4-3-7-24-16)19(10-21,11-22)18(23)15(13)9-20/h3-4,6-7,12,14-15,17,23H,2,5,8H2,1H3/t12-,14+,15?,17+/m0/s1. The molecule has 2 aliphatic rings. The van der Waals surface area contributed by atoms with Crippen LogP contribution < -0.4 is 0 Å². The number of nitrogens with zero attached hydrogens (tertiary/aromatic N) is 3. The summed E-state index contributed by atoms with van der Waals surface area (Å²) in [6, 6.07) is 10.3. The van der Waals surface area contributed by atoms with Crippen LogP contribution in [-0.2, 0) is 0 Å². The van der Waals surface area contributed by atoms with E-state index >= 15 is 0 Å². The molecule has 0 radical (unpaired) electrons. The summed E-state index contributed by atoms with van der Waals surface area (Å²) in [6.07, 6.45) is 4.93. The summed E-state index contributed by atoms with van der Waals surface area (Å²) in [6.45, 7) is 2.15. The van der Waals surface area contributed by atoms with Crippen molar-refractivity contribution in [3.63, 3.8) is 0 Å². The van der Waals surface area contributed by atoms with Crippen LogP contribution in [0.5, 0.6) is 0 Å². The molecule has 1 N–H and O–H groups in total. The Morgan fingerprint density at radius 2 is 2.08 bits per heavy atom. The van der Waals surface area contributed by atoms with Gasteiger partial charge in [-0.15, -0.1) is 11.3 Å². The van der Waals surface area contributed by atoms with E-state index in [-0.39, 0.29) is 17.5 Å². The third-order valence-electron chi connectivity index (χ3n) is 5.53. The molecule has 1 saturated carbocycles. The zero-order valence-electron chi connectivity index (χ0n) is 13.5. The van der Waals surface area contributed by atoms with Crippen molar-refractivity contribution in [3.8, 4) is 18.2 Å². The lowest BCUT2D eigenvalue weighted by atomic mass is 9.53. The Bertz CT molecular complexity index is 786. The van der Waals surface area contributed by atoms with Crippen LogP contribution >= 0.6 is 11.3 Å². The largest absolute Gasteiger partial charge is 0.305 e. The Balaban J connectivity index is 2.23. The van der Waals surface area contributed by atoms with Gasteiger partial charge in [0.15, 0.2) is 5.41 Å². The summed E-state index contributed by atoms with van der Waals surface area (Å²) in [4.78, 5) is 0.965. The van der Waals surface area contributed by atoms with Crippen molar-refractivity contribution in [2.75, 3.05) is 0 Å². The minimum Gasteiger partial charge on any atom is -0.305 e. The molecule has 120 valence electrons. The van der Waals surface area contributed by atoms with Crippen LogP contribution in [0, 0.1) is 62.6 Å². The highest BCUT2D eigenvalue weighted by molar-refractivity contribution is 7.10. The summed E-state index contributed by atoms with van der Waals surface area (Å²) in [5, 5.41) is 39.8. The van der Waals surface area contributed by atoms with Gasteiger partial charge in [-0.1, -0.05) is 25.5 Å². The number of rotatable bonds is 2.